The molecular weight excluding hydrogens is 170 g/mol. The number of hydrogen-bond acceptors (Lipinski definition) is 1. The molecule has 1 heterocycles. The Morgan fingerprint density at radius 1 is 1.57 bits per heavy atom. The van der Waals surface area contributed by atoms with E-state index in [0.29, 0.717) is 5.41 Å². The first-order valence-electron chi connectivity index (χ1n) is 6.01. The van der Waals surface area contributed by atoms with Gasteiger partial charge in [-0.05, 0) is 49.4 Å². The fraction of sp³-hybridized carbons (Fsp3) is 0.846. The van der Waals surface area contributed by atoms with Crippen molar-refractivity contribution in [2.24, 2.45) is 17.3 Å². The second-order valence-electron chi connectivity index (χ2n) is 5.87. The molecule has 1 saturated heterocycles. The first-order valence-corrected chi connectivity index (χ1v) is 6.01. The zero-order valence-electron chi connectivity index (χ0n) is 9.60. The third-order valence-electron chi connectivity index (χ3n) is 3.91. The zero-order valence-corrected chi connectivity index (χ0v) is 9.60. The molecule has 2 atom stereocenters. The minimum Gasteiger partial charge on any atom is -0.388 e. The second-order valence-corrected chi connectivity index (χ2v) is 5.87. The third-order valence-corrected chi connectivity index (χ3v) is 3.91. The molecule has 0 aromatic carbocycles. The van der Waals surface area contributed by atoms with Crippen LogP contribution in [0.3, 0.4) is 0 Å². The van der Waals surface area contributed by atoms with E-state index in [4.69, 9.17) is 0 Å². The lowest BCUT2D eigenvalue weighted by molar-refractivity contribution is 0.308. The van der Waals surface area contributed by atoms with E-state index in [1.165, 1.54) is 44.3 Å². The first-order chi connectivity index (χ1) is 6.60. The molecule has 2 fully saturated rings. The Hall–Kier alpha value is -0.460. The van der Waals surface area contributed by atoms with E-state index in [-0.39, 0.29) is 0 Å². The van der Waals surface area contributed by atoms with Crippen molar-refractivity contribution in [1.29, 1.82) is 0 Å². The van der Waals surface area contributed by atoms with Crippen molar-refractivity contribution in [2.45, 2.75) is 46.0 Å². The molecule has 0 amide bonds. The lowest BCUT2D eigenvalue weighted by Gasteiger charge is -2.21. The summed E-state index contributed by atoms with van der Waals surface area (Å²) in [6.45, 7) is 9.93. The van der Waals surface area contributed by atoms with E-state index in [2.05, 4.69) is 25.7 Å². The summed E-state index contributed by atoms with van der Waals surface area (Å²) in [5, 5.41) is 3.43. The molecule has 1 aliphatic carbocycles. The first kappa shape index (κ1) is 10.1. The molecule has 0 bridgehead atoms. The van der Waals surface area contributed by atoms with E-state index in [0.717, 1.165) is 11.8 Å². The summed E-state index contributed by atoms with van der Waals surface area (Å²) in [5.74, 6) is 1.86. The van der Waals surface area contributed by atoms with Gasteiger partial charge in [-0.2, -0.15) is 0 Å². The highest BCUT2D eigenvalue weighted by Crippen LogP contribution is 2.49. The average Bonchev–Trinajstić information content (AvgIpc) is 2.60. The van der Waals surface area contributed by atoms with E-state index in [1.807, 2.05) is 0 Å². The Morgan fingerprint density at radius 3 is 2.93 bits per heavy atom. The van der Waals surface area contributed by atoms with Crippen molar-refractivity contribution in [3.8, 4) is 0 Å². The molecule has 0 aromatic rings. The van der Waals surface area contributed by atoms with Crippen molar-refractivity contribution in [3.63, 3.8) is 0 Å². The van der Waals surface area contributed by atoms with Crippen molar-refractivity contribution >= 4 is 0 Å². The van der Waals surface area contributed by atoms with Gasteiger partial charge in [-0.25, -0.2) is 0 Å². The van der Waals surface area contributed by atoms with Crippen LogP contribution in [-0.2, 0) is 0 Å². The van der Waals surface area contributed by atoms with E-state index < -0.39 is 0 Å². The molecule has 1 spiro atoms. The standard InChI is InChI=1S/C13H23N/c1-10(2)6-12-4-5-13(8-12)7-11(3)14-9-13/h10,12,14H,3-9H2,1-2H3. The van der Waals surface area contributed by atoms with Crippen molar-refractivity contribution in [1.82, 2.24) is 5.32 Å². The Balaban J connectivity index is 1.91. The molecule has 2 aliphatic rings. The fourth-order valence-corrected chi connectivity index (χ4v) is 3.41. The van der Waals surface area contributed by atoms with Gasteiger partial charge < -0.3 is 5.32 Å². The van der Waals surface area contributed by atoms with Crippen LogP contribution in [0, 0.1) is 17.3 Å². The molecule has 1 nitrogen and oxygen atoms in total. The van der Waals surface area contributed by atoms with Crippen molar-refractivity contribution in [3.05, 3.63) is 12.3 Å². The van der Waals surface area contributed by atoms with Gasteiger partial charge in [0.2, 0.25) is 0 Å². The number of nitrogens with one attached hydrogen (secondary N) is 1. The summed E-state index contributed by atoms with van der Waals surface area (Å²) in [7, 11) is 0. The van der Waals surface area contributed by atoms with Gasteiger partial charge >= 0.3 is 0 Å². The highest BCUT2D eigenvalue weighted by molar-refractivity contribution is 5.09. The van der Waals surface area contributed by atoms with E-state index in [1.54, 1.807) is 0 Å². The average molecular weight is 193 g/mol. The Morgan fingerprint density at radius 2 is 2.36 bits per heavy atom. The summed E-state index contributed by atoms with van der Waals surface area (Å²) in [4.78, 5) is 0. The highest BCUT2D eigenvalue weighted by Gasteiger charge is 2.42. The third kappa shape index (κ3) is 1.97. The normalized spacial score (nSPS) is 37.1. The number of hydrogen-bond donors (Lipinski definition) is 1. The molecular formula is C13H23N. The molecule has 2 unspecified atom stereocenters. The lowest BCUT2D eigenvalue weighted by atomic mass is 9.83. The van der Waals surface area contributed by atoms with Gasteiger partial charge in [0.25, 0.3) is 0 Å². The largest absolute Gasteiger partial charge is 0.388 e. The van der Waals surface area contributed by atoms with Crippen LogP contribution in [0.5, 0.6) is 0 Å². The van der Waals surface area contributed by atoms with Crippen molar-refractivity contribution < 1.29 is 0 Å². The van der Waals surface area contributed by atoms with Gasteiger partial charge in [0.1, 0.15) is 0 Å². The number of allylic oxidation sites excluding steroid dienone is 1. The summed E-state index contributed by atoms with van der Waals surface area (Å²) < 4.78 is 0. The van der Waals surface area contributed by atoms with Gasteiger partial charge in [-0.3, -0.25) is 0 Å². The van der Waals surface area contributed by atoms with Crippen LogP contribution in [0.4, 0.5) is 0 Å². The Kier molecular flexibility index (Phi) is 2.59. The molecule has 1 aliphatic heterocycles. The molecule has 1 saturated carbocycles. The molecule has 1 heteroatoms. The monoisotopic (exact) mass is 193 g/mol. The van der Waals surface area contributed by atoms with Crippen LogP contribution in [0.15, 0.2) is 12.3 Å². The maximum Gasteiger partial charge on any atom is 0.0204 e. The predicted octanol–water partition coefficient (Wildman–Crippen LogP) is 3.33. The SMILES string of the molecule is C=C1CC2(CCC(CC(C)C)C2)CN1. The van der Waals surface area contributed by atoms with Gasteiger partial charge in [-0.15, -0.1) is 0 Å². The quantitative estimate of drug-likeness (QED) is 0.709. The summed E-state index contributed by atoms with van der Waals surface area (Å²) in [6, 6.07) is 0. The molecule has 1 N–H and O–H groups in total. The Labute approximate surface area is 88.0 Å². The maximum atomic E-state index is 4.05. The maximum absolute atomic E-state index is 4.05. The van der Waals surface area contributed by atoms with Crippen LogP contribution in [0.1, 0.15) is 46.0 Å². The number of rotatable bonds is 2. The van der Waals surface area contributed by atoms with Gasteiger partial charge in [0, 0.05) is 12.2 Å². The lowest BCUT2D eigenvalue weighted by Crippen LogP contribution is -2.20. The van der Waals surface area contributed by atoms with E-state index in [9.17, 15) is 0 Å². The minimum absolute atomic E-state index is 0.608. The van der Waals surface area contributed by atoms with Crippen LogP contribution in [0.25, 0.3) is 0 Å². The van der Waals surface area contributed by atoms with Gasteiger partial charge in [0.15, 0.2) is 0 Å². The second kappa shape index (κ2) is 3.60. The molecule has 2 rings (SSSR count). The van der Waals surface area contributed by atoms with Gasteiger partial charge in [-0.1, -0.05) is 20.4 Å². The van der Waals surface area contributed by atoms with Crippen LogP contribution < -0.4 is 5.32 Å². The predicted molar refractivity (Wildman–Crippen MR) is 61.0 cm³/mol. The highest BCUT2D eigenvalue weighted by atomic mass is 14.9. The van der Waals surface area contributed by atoms with E-state index >= 15 is 0 Å². The summed E-state index contributed by atoms with van der Waals surface area (Å²) in [5.41, 5.74) is 1.88. The minimum atomic E-state index is 0.608. The molecule has 80 valence electrons. The fourth-order valence-electron chi connectivity index (χ4n) is 3.41. The van der Waals surface area contributed by atoms with Crippen LogP contribution in [-0.4, -0.2) is 6.54 Å². The summed E-state index contributed by atoms with van der Waals surface area (Å²) in [6.07, 6.45) is 6.98. The summed E-state index contributed by atoms with van der Waals surface area (Å²) >= 11 is 0. The smallest absolute Gasteiger partial charge is 0.0204 e. The van der Waals surface area contributed by atoms with Crippen molar-refractivity contribution in [2.75, 3.05) is 6.54 Å². The molecule has 0 aromatic heterocycles. The van der Waals surface area contributed by atoms with Crippen LogP contribution >= 0.6 is 0 Å². The zero-order chi connectivity index (χ0) is 10.2. The van der Waals surface area contributed by atoms with Gasteiger partial charge in [0.05, 0.1) is 0 Å². The Bertz CT molecular complexity index is 231. The molecule has 14 heavy (non-hydrogen) atoms. The van der Waals surface area contributed by atoms with Crippen LogP contribution in [0.2, 0.25) is 0 Å². The topological polar surface area (TPSA) is 12.0 Å². The molecule has 0 radical (unpaired) electrons.